The molecule has 1 aliphatic heterocycles. The Balaban J connectivity index is 1.38. The fourth-order valence-corrected chi connectivity index (χ4v) is 5.15. The van der Waals surface area contributed by atoms with Gasteiger partial charge in [0.1, 0.15) is 17.1 Å². The second-order valence-electron chi connectivity index (χ2n) is 9.24. The molecule has 1 saturated heterocycles. The summed E-state index contributed by atoms with van der Waals surface area (Å²) in [6.45, 7) is 0.765. The van der Waals surface area contributed by atoms with Gasteiger partial charge in [-0.1, -0.05) is 11.6 Å². The predicted octanol–water partition coefficient (Wildman–Crippen LogP) is 4.76. The third kappa shape index (κ3) is 5.12. The van der Waals surface area contributed by atoms with Crippen molar-refractivity contribution >= 4 is 57.5 Å². The van der Waals surface area contributed by atoms with Crippen molar-refractivity contribution in [3.8, 4) is 0 Å². The molecule has 2 aromatic heterocycles. The maximum atomic E-state index is 13.3. The van der Waals surface area contributed by atoms with Crippen molar-refractivity contribution in [3.05, 3.63) is 57.4 Å². The standard InChI is InChI=1S/C25H24ClN5O6/c26-15-5-10-20(27-13-15)28-25(34)23-22(18-12-17(31(35)36)8-9-19(18)37-23)29-24(33)14-3-6-16(7-4-14)30-11-1-2-21(30)32/h5,8-10,12-14,16H,1-4,6-7,11H2,(H,29,33)(H,27,28,34). The van der Waals surface area contributed by atoms with E-state index in [-0.39, 0.29) is 57.7 Å². The molecule has 1 aliphatic carbocycles. The molecule has 3 amide bonds. The maximum Gasteiger partial charge on any atom is 0.294 e. The van der Waals surface area contributed by atoms with Crippen LogP contribution in [-0.4, -0.2) is 45.1 Å². The smallest absolute Gasteiger partial charge is 0.294 e. The molecule has 2 aliphatic rings. The van der Waals surface area contributed by atoms with Crippen LogP contribution in [0.4, 0.5) is 17.2 Å². The zero-order chi connectivity index (χ0) is 26.1. The van der Waals surface area contributed by atoms with Gasteiger partial charge in [0, 0.05) is 43.3 Å². The van der Waals surface area contributed by atoms with Crippen LogP contribution < -0.4 is 10.6 Å². The van der Waals surface area contributed by atoms with E-state index in [1.807, 2.05) is 4.90 Å². The number of nitrogens with one attached hydrogen (secondary N) is 2. The van der Waals surface area contributed by atoms with Crippen LogP contribution in [-0.2, 0) is 9.59 Å². The molecule has 0 bridgehead atoms. The molecule has 37 heavy (non-hydrogen) atoms. The van der Waals surface area contributed by atoms with Gasteiger partial charge in [-0.3, -0.25) is 24.5 Å². The van der Waals surface area contributed by atoms with Gasteiger partial charge in [-0.15, -0.1) is 0 Å². The van der Waals surface area contributed by atoms with Crippen molar-refractivity contribution < 1.29 is 23.7 Å². The normalized spacial score (nSPS) is 19.7. The highest BCUT2D eigenvalue weighted by Crippen LogP contribution is 2.36. The molecule has 1 aromatic carbocycles. The number of benzene rings is 1. The third-order valence-corrected chi connectivity index (χ3v) is 7.15. The maximum absolute atomic E-state index is 13.3. The minimum Gasteiger partial charge on any atom is -0.449 e. The average Bonchev–Trinajstić information content (AvgIpc) is 3.48. The summed E-state index contributed by atoms with van der Waals surface area (Å²) in [7, 11) is 0. The first-order valence-corrected chi connectivity index (χ1v) is 12.4. The van der Waals surface area contributed by atoms with Crippen molar-refractivity contribution in [2.75, 3.05) is 17.2 Å². The van der Waals surface area contributed by atoms with Crippen molar-refractivity contribution in [3.63, 3.8) is 0 Å². The number of furan rings is 1. The van der Waals surface area contributed by atoms with E-state index >= 15 is 0 Å². The lowest BCUT2D eigenvalue weighted by Crippen LogP contribution is -2.40. The number of carbonyl (C=O) groups excluding carboxylic acids is 3. The van der Waals surface area contributed by atoms with Crippen LogP contribution in [0, 0.1) is 16.0 Å². The topological polar surface area (TPSA) is 148 Å². The summed E-state index contributed by atoms with van der Waals surface area (Å²) in [5.41, 5.74) is 0.0734. The number of amides is 3. The Hall–Kier alpha value is -3.99. The lowest BCUT2D eigenvalue weighted by Gasteiger charge is -2.34. The molecule has 11 nitrogen and oxygen atoms in total. The number of fused-ring (bicyclic) bond motifs is 1. The number of non-ortho nitro benzene ring substituents is 1. The SMILES string of the molecule is O=C(Nc1ccc(Cl)cn1)c1oc2ccc([N+](=O)[O-])cc2c1NC(=O)C1CCC(N2CCCC2=O)CC1. The van der Waals surface area contributed by atoms with Gasteiger partial charge >= 0.3 is 0 Å². The van der Waals surface area contributed by atoms with E-state index in [0.717, 1.165) is 25.8 Å². The van der Waals surface area contributed by atoms with Gasteiger partial charge in [0.25, 0.3) is 11.6 Å². The van der Waals surface area contributed by atoms with Gasteiger partial charge in [-0.2, -0.15) is 0 Å². The highest BCUT2D eigenvalue weighted by Gasteiger charge is 2.34. The number of halogens is 1. The first-order chi connectivity index (χ1) is 17.8. The number of nitro benzene ring substituents is 1. The Morgan fingerprint density at radius 3 is 2.57 bits per heavy atom. The number of carbonyl (C=O) groups is 3. The van der Waals surface area contributed by atoms with Crippen molar-refractivity contribution in [1.29, 1.82) is 0 Å². The fourth-order valence-electron chi connectivity index (χ4n) is 5.04. The highest BCUT2D eigenvalue weighted by atomic mass is 35.5. The molecule has 3 heterocycles. The Labute approximate surface area is 216 Å². The van der Waals surface area contributed by atoms with Crippen LogP contribution in [0.15, 0.2) is 40.9 Å². The monoisotopic (exact) mass is 525 g/mol. The van der Waals surface area contributed by atoms with Crippen LogP contribution in [0.2, 0.25) is 5.02 Å². The summed E-state index contributed by atoms with van der Waals surface area (Å²) in [4.78, 5) is 55.2. The molecule has 2 N–H and O–H groups in total. The van der Waals surface area contributed by atoms with Gasteiger partial charge in [0.15, 0.2) is 0 Å². The molecular weight excluding hydrogens is 502 g/mol. The summed E-state index contributed by atoms with van der Waals surface area (Å²) in [6.07, 6.45) is 5.44. The molecule has 0 radical (unpaired) electrons. The van der Waals surface area contributed by atoms with Gasteiger partial charge in [0.05, 0.1) is 15.3 Å². The summed E-state index contributed by atoms with van der Waals surface area (Å²) in [5, 5.41) is 17.4. The fraction of sp³-hybridized carbons (Fsp3) is 0.360. The molecular formula is C25H24ClN5O6. The number of aromatic nitrogens is 1. The van der Waals surface area contributed by atoms with Crippen molar-refractivity contribution in [2.45, 2.75) is 44.6 Å². The van der Waals surface area contributed by atoms with Crippen molar-refractivity contribution in [2.24, 2.45) is 5.92 Å². The number of rotatable bonds is 6. The molecule has 12 heteroatoms. The first-order valence-electron chi connectivity index (χ1n) is 12.0. The number of nitrogens with zero attached hydrogens (tertiary/aromatic N) is 3. The van der Waals surface area contributed by atoms with Crippen LogP contribution >= 0.6 is 11.6 Å². The van der Waals surface area contributed by atoms with Crippen molar-refractivity contribution in [1.82, 2.24) is 9.88 Å². The largest absolute Gasteiger partial charge is 0.449 e. The average molecular weight is 526 g/mol. The van der Waals surface area contributed by atoms with Crippen LogP contribution in [0.1, 0.15) is 49.1 Å². The van der Waals surface area contributed by atoms with Gasteiger partial charge in [-0.05, 0) is 50.3 Å². The zero-order valence-corrected chi connectivity index (χ0v) is 20.5. The summed E-state index contributed by atoms with van der Waals surface area (Å²) < 4.78 is 5.73. The number of anilines is 2. The summed E-state index contributed by atoms with van der Waals surface area (Å²) in [5.74, 6) is -1.12. The minimum absolute atomic E-state index is 0.0620. The van der Waals surface area contributed by atoms with Crippen LogP contribution in [0.3, 0.4) is 0 Å². The summed E-state index contributed by atoms with van der Waals surface area (Å²) in [6, 6.07) is 7.13. The lowest BCUT2D eigenvalue weighted by atomic mass is 9.84. The van der Waals surface area contributed by atoms with E-state index in [9.17, 15) is 24.5 Å². The van der Waals surface area contributed by atoms with E-state index in [2.05, 4.69) is 15.6 Å². The van der Waals surface area contributed by atoms with E-state index < -0.39 is 10.8 Å². The molecule has 192 valence electrons. The highest BCUT2D eigenvalue weighted by molar-refractivity contribution is 6.30. The Kier molecular flexibility index (Phi) is 6.79. The number of hydrogen-bond acceptors (Lipinski definition) is 7. The Bertz CT molecular complexity index is 1380. The summed E-state index contributed by atoms with van der Waals surface area (Å²) >= 11 is 5.85. The molecule has 1 saturated carbocycles. The van der Waals surface area contributed by atoms with E-state index in [4.69, 9.17) is 16.0 Å². The van der Waals surface area contributed by atoms with E-state index in [1.165, 1.54) is 30.5 Å². The van der Waals surface area contributed by atoms with Gasteiger partial charge in [0.2, 0.25) is 17.6 Å². The number of nitro groups is 1. The second kappa shape index (κ2) is 10.2. The van der Waals surface area contributed by atoms with Gasteiger partial charge in [-0.25, -0.2) is 4.98 Å². The Morgan fingerprint density at radius 1 is 1.14 bits per heavy atom. The molecule has 2 fully saturated rings. The zero-order valence-electron chi connectivity index (χ0n) is 19.7. The molecule has 0 spiro atoms. The van der Waals surface area contributed by atoms with E-state index in [0.29, 0.717) is 24.3 Å². The number of hydrogen-bond donors (Lipinski definition) is 2. The minimum atomic E-state index is -0.680. The number of likely N-dealkylation sites (tertiary alicyclic amines) is 1. The predicted molar refractivity (Wildman–Crippen MR) is 135 cm³/mol. The third-order valence-electron chi connectivity index (χ3n) is 6.92. The quantitative estimate of drug-likeness (QED) is 0.348. The molecule has 5 rings (SSSR count). The number of pyridine rings is 1. The second-order valence-corrected chi connectivity index (χ2v) is 9.68. The van der Waals surface area contributed by atoms with Crippen LogP contribution in [0.25, 0.3) is 11.0 Å². The first kappa shape index (κ1) is 24.7. The van der Waals surface area contributed by atoms with Gasteiger partial charge < -0.3 is 20.0 Å². The lowest BCUT2D eigenvalue weighted by molar-refractivity contribution is -0.384. The van der Waals surface area contributed by atoms with E-state index in [1.54, 1.807) is 6.07 Å². The Morgan fingerprint density at radius 2 is 1.92 bits per heavy atom. The molecule has 0 unspecified atom stereocenters. The van der Waals surface area contributed by atoms with Crippen LogP contribution in [0.5, 0.6) is 0 Å². The molecule has 3 aromatic rings. The molecule has 0 atom stereocenters.